The molecule has 20 aromatic rings. The quantitative estimate of drug-likeness (QED) is 0.0952. The van der Waals surface area contributed by atoms with Crippen molar-refractivity contribution in [2.75, 3.05) is 0 Å². The fourth-order valence-corrected chi connectivity index (χ4v) is 12.4. The molecular formula is C118H96Ir4N12-8. The largest absolute Gasteiger partial charge is 0.305 e. The van der Waals surface area contributed by atoms with Crippen LogP contribution >= 0.6 is 0 Å². The number of hydrogen-bond acceptors (Lipinski definition) is 12. The molecule has 12 aromatic heterocycles. The normalized spacial score (nSPS) is 12.9. The molecule has 8 aromatic carbocycles. The van der Waals surface area contributed by atoms with Crippen molar-refractivity contribution >= 4 is 0 Å². The second-order valence-corrected chi connectivity index (χ2v) is 28.2. The molecule has 672 valence electrons. The second-order valence-electron chi connectivity index (χ2n) is 28.2. The van der Waals surface area contributed by atoms with Gasteiger partial charge in [-0.1, -0.05) is 118 Å². The molecule has 0 bridgehead atoms. The first kappa shape index (κ1) is 79.9. The average molecular weight is 2470 g/mol. The van der Waals surface area contributed by atoms with Crippen LogP contribution in [0.3, 0.4) is 0 Å². The Morgan fingerprint density at radius 2 is 0.537 bits per heavy atom. The summed E-state index contributed by atoms with van der Waals surface area (Å²) in [6, 6.07) is 137. The van der Waals surface area contributed by atoms with E-state index in [-0.39, 0.29) is 108 Å². The Balaban J connectivity index is 0.000000193. The molecule has 0 spiro atoms. The summed E-state index contributed by atoms with van der Waals surface area (Å²) < 4.78 is 133. The van der Waals surface area contributed by atoms with Crippen molar-refractivity contribution in [3.63, 3.8) is 0 Å². The number of benzene rings is 8. The van der Waals surface area contributed by atoms with Crippen LogP contribution in [0.1, 0.15) is 90.6 Å². The predicted molar refractivity (Wildman–Crippen MR) is 528 cm³/mol. The molecule has 0 amide bonds. The smallest absolute Gasteiger partial charge is 0.0698 e. The monoisotopic (exact) mass is 2470 g/mol. The van der Waals surface area contributed by atoms with Gasteiger partial charge in [0.25, 0.3) is 0 Å². The fourth-order valence-electron chi connectivity index (χ4n) is 12.4. The van der Waals surface area contributed by atoms with Crippen LogP contribution < -0.4 is 0 Å². The summed E-state index contributed by atoms with van der Waals surface area (Å²) in [5.74, 6) is -1.77. The Kier molecular flexibility index (Phi) is 33.5. The van der Waals surface area contributed by atoms with E-state index in [0.717, 1.165) is 135 Å². The maximum atomic E-state index is 8.21. The second kappa shape index (κ2) is 56.1. The van der Waals surface area contributed by atoms with E-state index < -0.39 is 46.5 Å². The molecule has 0 saturated heterocycles. The van der Waals surface area contributed by atoms with Crippen LogP contribution in [0.5, 0.6) is 0 Å². The molecule has 0 N–H and O–H groups in total. The van der Waals surface area contributed by atoms with Crippen molar-refractivity contribution in [1.29, 1.82) is 0 Å². The summed E-state index contributed by atoms with van der Waals surface area (Å²) in [4.78, 5) is 51.8. The number of rotatable bonds is 14. The van der Waals surface area contributed by atoms with Gasteiger partial charge in [-0.15, -0.1) is 287 Å². The van der Waals surface area contributed by atoms with Crippen molar-refractivity contribution in [2.24, 2.45) is 0 Å². The molecule has 12 nitrogen and oxygen atoms in total. The van der Waals surface area contributed by atoms with E-state index in [1.165, 1.54) is 38.6 Å². The van der Waals surface area contributed by atoms with Gasteiger partial charge in [-0.3, -0.25) is 19.9 Å². The molecule has 20 rings (SSSR count). The molecule has 0 fully saturated rings. The van der Waals surface area contributed by atoms with Crippen LogP contribution in [0.15, 0.2) is 420 Å². The van der Waals surface area contributed by atoms with Gasteiger partial charge >= 0.3 is 0 Å². The Morgan fingerprint density at radius 1 is 0.261 bits per heavy atom. The molecule has 1 unspecified atom stereocenters. The van der Waals surface area contributed by atoms with Gasteiger partial charge in [0.05, 0.1) is 22.8 Å². The van der Waals surface area contributed by atoms with Crippen LogP contribution in [0.4, 0.5) is 0 Å². The minimum Gasteiger partial charge on any atom is -0.305 e. The van der Waals surface area contributed by atoms with Crippen molar-refractivity contribution in [1.82, 2.24) is 59.8 Å². The van der Waals surface area contributed by atoms with Crippen molar-refractivity contribution in [3.8, 4) is 135 Å². The number of aromatic nitrogens is 12. The van der Waals surface area contributed by atoms with Gasteiger partial charge in [-0.25, -0.2) is 0 Å². The zero-order valence-electron chi connectivity index (χ0n) is 90.5. The van der Waals surface area contributed by atoms with Crippen molar-refractivity contribution in [3.05, 3.63) is 508 Å². The van der Waals surface area contributed by atoms with E-state index in [1.54, 1.807) is 122 Å². The standard InChI is InChI=1S/C19H17N2.C18H15N2.C17H13N2.C16H11N2.4C12H10N.4Ir/c1-14(2)17-9-6-10-18(21-17)16-11-12-20-19(13-16)15-7-4-3-5-8-15;1-2-16-9-6-10-17(20-16)15-11-12-19-18(13-15)14-7-4-3-5-8-14;1-13-6-5-9-16(19-13)15-10-11-18-17(12-15)14-7-3-2-4-8-14;1-2-6-13(7-3-1)16-12-14(9-11-18-16)15-8-4-5-10-17-15;4*1-10-7-8-12(13-9-10)11-5-3-2-4-6-11;;;;/h3-7,9-14H,1-2H3;3-7,9-13H,2H2,1H3;2-7,9-12H,1H3;1-6,8-12H;4*2-5,7-9H,1H3;;;;/q8*-1;;;;/i1D3,14D;2D2;;;4*1D3;;;;. The molecule has 4 radical (unpaired) electrons. The zero-order chi connectivity index (χ0) is 105. The minimum absolute atomic E-state index is 0. The number of nitrogens with zero attached hydrogens (tertiary/aromatic N) is 12. The van der Waals surface area contributed by atoms with Crippen LogP contribution in [0.2, 0.25) is 0 Å². The molecular weight excluding hydrogens is 2350 g/mol. The van der Waals surface area contributed by atoms with E-state index in [0.29, 0.717) is 11.4 Å². The van der Waals surface area contributed by atoms with Crippen LogP contribution in [0.25, 0.3) is 135 Å². The van der Waals surface area contributed by atoms with Crippen LogP contribution in [-0.4, -0.2) is 59.8 Å². The molecule has 0 aliphatic rings. The fraction of sp³-hybridized carbons (Fsp3) is 0.0847. The van der Waals surface area contributed by atoms with Gasteiger partial charge in [0.1, 0.15) is 0 Å². The molecule has 0 aliphatic heterocycles. The van der Waals surface area contributed by atoms with E-state index in [9.17, 15) is 0 Å². The van der Waals surface area contributed by atoms with E-state index in [4.69, 9.17) is 24.7 Å². The number of pyridine rings is 12. The summed E-state index contributed by atoms with van der Waals surface area (Å²) in [7, 11) is 0. The summed E-state index contributed by atoms with van der Waals surface area (Å²) in [5, 5.41) is 0. The van der Waals surface area contributed by atoms with Gasteiger partial charge in [0, 0.05) is 178 Å². The molecule has 16 heteroatoms. The van der Waals surface area contributed by atoms with Gasteiger partial charge in [-0.05, 0) is 209 Å². The molecule has 1 atom stereocenters. The van der Waals surface area contributed by atoms with Gasteiger partial charge in [-0.2, -0.15) is 0 Å². The van der Waals surface area contributed by atoms with E-state index >= 15 is 0 Å². The Morgan fingerprint density at radius 3 is 0.806 bits per heavy atom. The third kappa shape index (κ3) is 32.9. The van der Waals surface area contributed by atoms with Gasteiger partial charge < -0.3 is 39.9 Å². The van der Waals surface area contributed by atoms with Gasteiger partial charge in [0.2, 0.25) is 0 Å². The SMILES string of the molecule is Cc1cccc(-c2ccnc(-c3[c-]cccc3)c2)n1.[2H]C([2H])(C)c1cccc(-c2ccnc(-c3[c-]cccc3)c2)n1.[2H]C([2H])([2H])C([2H])(C)c1cccc(-c2ccnc(-c3[c-]cccc3)c2)n1.[2H]C([2H])([2H])c1ccc(-c2[c-]cccc2)nc1.[2H]C([2H])([2H])c1ccc(-c2[c-]cccc2)nc1.[2H]C([2H])([2H])c1ccc(-c2[c-]cccc2)nc1.[2H]C([2H])([2H])c1ccc(-c2[c-]cccc2)nc1.[Ir].[Ir].[Ir].[Ir].[c-]1ccccc1-c1cc(-c2ccccn2)ccn1. The van der Waals surface area contributed by atoms with Crippen molar-refractivity contribution in [2.45, 2.75) is 67.3 Å². The zero-order valence-corrected chi connectivity index (χ0v) is 82.1. The topological polar surface area (TPSA) is 155 Å². The predicted octanol–water partition coefficient (Wildman–Crippen LogP) is 27.9. The van der Waals surface area contributed by atoms with E-state index in [1.807, 2.05) is 280 Å². The molecule has 134 heavy (non-hydrogen) atoms. The first-order valence-corrected chi connectivity index (χ1v) is 41.2. The van der Waals surface area contributed by atoms with E-state index in [2.05, 4.69) is 108 Å². The Bertz CT molecular complexity index is 7100. The minimum atomic E-state index is -2.46. The van der Waals surface area contributed by atoms with Crippen molar-refractivity contribution < 1.29 is 105 Å². The third-order valence-electron chi connectivity index (χ3n) is 18.8. The Hall–Kier alpha value is -13.8. The molecule has 0 aliphatic carbocycles. The molecule has 0 saturated carbocycles. The Labute approximate surface area is 868 Å². The third-order valence-corrected chi connectivity index (χ3v) is 18.8. The van der Waals surface area contributed by atoms with Crippen LogP contribution in [0, 0.1) is 82.9 Å². The summed E-state index contributed by atoms with van der Waals surface area (Å²) in [6.45, 7) is -5.95. The van der Waals surface area contributed by atoms with Crippen LogP contribution in [-0.2, 0) is 86.8 Å². The summed E-state index contributed by atoms with van der Waals surface area (Å²) >= 11 is 0. The number of aryl methyl sites for hydroxylation is 6. The number of hydrogen-bond donors (Lipinski definition) is 0. The first-order chi connectivity index (χ1) is 70.9. The van der Waals surface area contributed by atoms with Gasteiger partial charge in [0.15, 0.2) is 0 Å². The first-order valence-electron chi connectivity index (χ1n) is 50.2. The summed E-state index contributed by atoms with van der Waals surface area (Å²) in [5.41, 5.74) is 23.4. The maximum absolute atomic E-state index is 8.21. The summed E-state index contributed by atoms with van der Waals surface area (Å²) in [6.07, 6.45) is 12.9. The maximum Gasteiger partial charge on any atom is 0.0698 e. The average Bonchev–Trinajstić information content (AvgIpc) is 0.781. The molecule has 12 heterocycles.